The highest BCUT2D eigenvalue weighted by Crippen LogP contribution is 2.31. The lowest BCUT2D eigenvalue weighted by Gasteiger charge is -2.39. The van der Waals surface area contributed by atoms with E-state index in [2.05, 4.69) is 0 Å². The normalized spacial score (nSPS) is 26.5. The minimum atomic E-state index is -3.01. The number of benzene rings is 2. The summed E-state index contributed by atoms with van der Waals surface area (Å²) < 4.78 is 65.5. The van der Waals surface area contributed by atoms with Crippen molar-refractivity contribution in [1.29, 1.82) is 0 Å². The number of halogens is 4. The van der Waals surface area contributed by atoms with Gasteiger partial charge in [0.05, 0.1) is 6.61 Å². The largest absolute Gasteiger partial charge is 0.458 e. The van der Waals surface area contributed by atoms with Crippen LogP contribution in [-0.4, -0.2) is 57.7 Å². The molecule has 1 unspecified atom stereocenters. The summed E-state index contributed by atoms with van der Waals surface area (Å²) in [4.78, 5) is 0. The predicted molar refractivity (Wildman–Crippen MR) is 106 cm³/mol. The molecule has 1 aliphatic rings. The van der Waals surface area contributed by atoms with Crippen LogP contribution in [0.5, 0.6) is 5.75 Å². The summed E-state index contributed by atoms with van der Waals surface area (Å²) in [5.74, 6) is -5.60. The van der Waals surface area contributed by atoms with Crippen LogP contribution >= 0.6 is 0 Å². The van der Waals surface area contributed by atoms with E-state index < -0.39 is 60.6 Å². The van der Waals surface area contributed by atoms with E-state index in [-0.39, 0.29) is 11.1 Å². The fraction of sp³-hybridized carbons (Fsp3) is 0.364. The third-order valence-corrected chi connectivity index (χ3v) is 4.99. The maximum Gasteiger partial charge on any atom is 0.270 e. The van der Waals surface area contributed by atoms with E-state index >= 15 is 0 Å². The molecule has 32 heavy (non-hydrogen) atoms. The molecule has 0 spiro atoms. The minimum Gasteiger partial charge on any atom is -0.458 e. The zero-order valence-electron chi connectivity index (χ0n) is 16.8. The van der Waals surface area contributed by atoms with Crippen LogP contribution in [0.2, 0.25) is 0 Å². The first kappa shape index (κ1) is 24.1. The molecule has 2 aromatic carbocycles. The maximum atomic E-state index is 14.5. The molecule has 3 rings (SSSR count). The zero-order chi connectivity index (χ0) is 23.6. The molecule has 0 aromatic heterocycles. The number of alkyl halides is 2. The van der Waals surface area contributed by atoms with Gasteiger partial charge in [-0.25, -0.2) is 17.6 Å². The molecular weight excluding hydrogens is 436 g/mol. The molecule has 174 valence electrons. The van der Waals surface area contributed by atoms with Gasteiger partial charge in [-0.2, -0.15) is 0 Å². The Bertz CT molecular complexity index is 958. The van der Waals surface area contributed by atoms with Gasteiger partial charge in [-0.3, -0.25) is 0 Å². The Morgan fingerprint density at radius 1 is 1.00 bits per heavy atom. The second kappa shape index (κ2) is 9.55. The summed E-state index contributed by atoms with van der Waals surface area (Å²) in [6, 6.07) is 6.71. The molecule has 1 fully saturated rings. The first-order valence-corrected chi connectivity index (χ1v) is 9.64. The molecular formula is C22H22F4O6. The number of hydrogen-bond acceptors (Lipinski definition) is 6. The average molecular weight is 458 g/mol. The van der Waals surface area contributed by atoms with Gasteiger partial charge in [0.15, 0.2) is 11.6 Å². The van der Waals surface area contributed by atoms with E-state index in [0.29, 0.717) is 11.6 Å². The molecule has 0 aliphatic carbocycles. The third kappa shape index (κ3) is 5.28. The summed E-state index contributed by atoms with van der Waals surface area (Å²) >= 11 is 0. The summed E-state index contributed by atoms with van der Waals surface area (Å²) in [6.45, 7) is 0.0479. The molecule has 4 N–H and O–H groups in total. The summed E-state index contributed by atoms with van der Waals surface area (Å²) in [7, 11) is 0. The lowest BCUT2D eigenvalue weighted by molar-refractivity contribution is -0.277. The fourth-order valence-electron chi connectivity index (χ4n) is 3.18. The topological polar surface area (TPSA) is 99.4 Å². The van der Waals surface area contributed by atoms with Crippen LogP contribution in [0.15, 0.2) is 36.4 Å². The van der Waals surface area contributed by atoms with Gasteiger partial charge in [-0.1, -0.05) is 36.4 Å². The lowest BCUT2D eigenvalue weighted by Crippen LogP contribution is -2.60. The van der Waals surface area contributed by atoms with E-state index in [1.165, 1.54) is 36.4 Å². The van der Waals surface area contributed by atoms with Gasteiger partial charge >= 0.3 is 0 Å². The first-order chi connectivity index (χ1) is 15.0. The molecule has 5 atom stereocenters. The van der Waals surface area contributed by atoms with Crippen molar-refractivity contribution in [1.82, 2.24) is 0 Å². The van der Waals surface area contributed by atoms with Gasteiger partial charge in [-0.05, 0) is 11.6 Å². The highest BCUT2D eigenvalue weighted by Gasteiger charge is 2.45. The van der Waals surface area contributed by atoms with Crippen molar-refractivity contribution in [3.63, 3.8) is 0 Å². The lowest BCUT2D eigenvalue weighted by atomic mass is 9.99. The third-order valence-electron chi connectivity index (χ3n) is 4.99. The Labute approximate surface area is 181 Å². The summed E-state index contributed by atoms with van der Waals surface area (Å²) in [6.07, 6.45) is -5.46. The summed E-state index contributed by atoms with van der Waals surface area (Å²) in [5, 5.41) is 39.1. The van der Waals surface area contributed by atoms with Gasteiger partial charge in [0, 0.05) is 24.1 Å². The number of aliphatic hydroxyl groups is 4. The van der Waals surface area contributed by atoms with Crippen LogP contribution in [0, 0.1) is 11.6 Å². The van der Waals surface area contributed by atoms with Crippen molar-refractivity contribution in [2.45, 2.75) is 43.6 Å². The van der Waals surface area contributed by atoms with E-state index in [1.807, 2.05) is 0 Å². The van der Waals surface area contributed by atoms with E-state index in [0.717, 1.165) is 13.0 Å². The van der Waals surface area contributed by atoms with Crippen molar-refractivity contribution in [2.75, 3.05) is 6.61 Å². The second-order valence-electron chi connectivity index (χ2n) is 7.46. The molecule has 1 saturated heterocycles. The SMILES string of the molecule is CC(F)(F)c1ccc(/C=C/c2cc(F)cc(F)c2OC2O[C@H](CO)[C@@H](O)[C@H](O)[C@H]2O)cc1. The summed E-state index contributed by atoms with van der Waals surface area (Å²) in [5.41, 5.74) is 0.156. The average Bonchev–Trinajstić information content (AvgIpc) is 2.73. The Kier molecular flexibility index (Phi) is 7.21. The van der Waals surface area contributed by atoms with Crippen LogP contribution in [-0.2, 0) is 10.7 Å². The van der Waals surface area contributed by atoms with Gasteiger partial charge < -0.3 is 29.9 Å². The molecule has 1 heterocycles. The van der Waals surface area contributed by atoms with Crippen molar-refractivity contribution >= 4 is 12.2 Å². The highest BCUT2D eigenvalue weighted by atomic mass is 19.3. The molecule has 6 nitrogen and oxygen atoms in total. The first-order valence-electron chi connectivity index (χ1n) is 9.64. The van der Waals surface area contributed by atoms with E-state index in [1.54, 1.807) is 0 Å². The van der Waals surface area contributed by atoms with Crippen LogP contribution in [0.25, 0.3) is 12.2 Å². The number of rotatable bonds is 6. The molecule has 0 amide bonds. The van der Waals surface area contributed by atoms with Crippen LogP contribution in [0.1, 0.15) is 23.6 Å². The quantitative estimate of drug-likeness (QED) is 0.392. The Hall–Kier alpha value is -2.50. The Morgan fingerprint density at radius 2 is 1.66 bits per heavy atom. The maximum absolute atomic E-state index is 14.5. The number of ether oxygens (including phenoxy) is 2. The van der Waals surface area contributed by atoms with E-state index in [4.69, 9.17) is 9.47 Å². The van der Waals surface area contributed by atoms with Crippen LogP contribution in [0.4, 0.5) is 17.6 Å². The molecule has 10 heteroatoms. The van der Waals surface area contributed by atoms with Crippen LogP contribution in [0.3, 0.4) is 0 Å². The molecule has 2 aromatic rings. The van der Waals surface area contributed by atoms with Gasteiger partial charge in [-0.15, -0.1) is 0 Å². The Morgan fingerprint density at radius 3 is 2.25 bits per heavy atom. The number of hydrogen-bond donors (Lipinski definition) is 4. The monoisotopic (exact) mass is 458 g/mol. The van der Waals surface area contributed by atoms with E-state index in [9.17, 15) is 38.0 Å². The van der Waals surface area contributed by atoms with Crippen molar-refractivity contribution in [3.05, 3.63) is 64.7 Å². The highest BCUT2D eigenvalue weighted by molar-refractivity contribution is 5.72. The van der Waals surface area contributed by atoms with Crippen molar-refractivity contribution < 1.29 is 47.5 Å². The predicted octanol–water partition coefficient (Wildman–Crippen LogP) is 2.43. The van der Waals surface area contributed by atoms with Gasteiger partial charge in [0.1, 0.15) is 30.2 Å². The molecule has 1 aliphatic heterocycles. The Balaban J connectivity index is 1.88. The number of aliphatic hydroxyl groups excluding tert-OH is 4. The van der Waals surface area contributed by atoms with Gasteiger partial charge in [0.25, 0.3) is 5.92 Å². The second-order valence-corrected chi connectivity index (χ2v) is 7.46. The molecule has 0 radical (unpaired) electrons. The standard InChI is InChI=1S/C22H22F4O6/c1-22(25,26)13-6-3-11(4-7-13)2-5-12-8-14(23)9-15(24)20(12)32-21-19(30)18(29)17(28)16(10-27)31-21/h2-9,16-19,21,27-30H,10H2,1H3/b5-2+/t16-,17-,18+,19-,21?/m1/s1. The minimum absolute atomic E-state index is 0.107. The smallest absolute Gasteiger partial charge is 0.270 e. The fourth-order valence-corrected chi connectivity index (χ4v) is 3.18. The van der Waals surface area contributed by atoms with Gasteiger partial charge in [0.2, 0.25) is 6.29 Å². The van der Waals surface area contributed by atoms with Crippen molar-refractivity contribution in [3.8, 4) is 5.75 Å². The van der Waals surface area contributed by atoms with Crippen molar-refractivity contribution in [2.24, 2.45) is 0 Å². The zero-order valence-corrected chi connectivity index (χ0v) is 16.8. The van der Waals surface area contributed by atoms with Crippen LogP contribution < -0.4 is 4.74 Å². The molecule has 0 saturated carbocycles. The molecule has 0 bridgehead atoms.